The van der Waals surface area contributed by atoms with Crippen molar-refractivity contribution in [3.63, 3.8) is 0 Å². The maximum absolute atomic E-state index is 13.3. The van der Waals surface area contributed by atoms with Crippen molar-refractivity contribution in [3.05, 3.63) is 71.5 Å². The Morgan fingerprint density at radius 2 is 1.84 bits per heavy atom. The molecule has 4 rings (SSSR count). The van der Waals surface area contributed by atoms with Crippen molar-refractivity contribution in [2.24, 2.45) is 5.16 Å². The number of halogens is 1. The Labute approximate surface area is 182 Å². The van der Waals surface area contributed by atoms with Crippen LogP contribution in [0.15, 0.2) is 59.8 Å². The fraction of sp³-hybridized carbons (Fsp3) is 0.458. The molecule has 2 aliphatic heterocycles. The zero-order valence-electron chi connectivity index (χ0n) is 17.7. The van der Waals surface area contributed by atoms with Gasteiger partial charge in [0, 0.05) is 45.7 Å². The van der Waals surface area contributed by atoms with E-state index in [4.69, 9.17) is 9.57 Å². The average molecular weight is 428 g/mol. The largest absolute Gasteiger partial charge is 0.390 e. The molecule has 0 saturated carbocycles. The van der Waals surface area contributed by atoms with Gasteiger partial charge in [0.2, 0.25) is 0 Å². The minimum absolute atomic E-state index is 0.0776. The van der Waals surface area contributed by atoms with Crippen molar-refractivity contribution < 1.29 is 19.1 Å². The van der Waals surface area contributed by atoms with Crippen molar-refractivity contribution in [2.45, 2.75) is 25.2 Å². The first kappa shape index (κ1) is 21.9. The fourth-order valence-corrected chi connectivity index (χ4v) is 4.10. The molecule has 1 fully saturated rings. The molecule has 31 heavy (non-hydrogen) atoms. The minimum Gasteiger partial charge on any atom is -0.390 e. The summed E-state index contributed by atoms with van der Waals surface area (Å²) < 4.78 is 18.7. The lowest BCUT2D eigenvalue weighted by Crippen LogP contribution is -2.45. The Bertz CT molecular complexity index is 841. The molecule has 2 aromatic carbocycles. The molecule has 0 spiro atoms. The van der Waals surface area contributed by atoms with E-state index in [1.54, 1.807) is 12.1 Å². The van der Waals surface area contributed by atoms with Crippen LogP contribution in [0.5, 0.6) is 0 Å². The van der Waals surface area contributed by atoms with Gasteiger partial charge in [0.1, 0.15) is 11.9 Å². The Morgan fingerprint density at radius 1 is 1.10 bits per heavy atom. The highest BCUT2D eigenvalue weighted by Crippen LogP contribution is 2.19. The average Bonchev–Trinajstić information content (AvgIpc) is 3.25. The second kappa shape index (κ2) is 10.8. The van der Waals surface area contributed by atoms with E-state index in [0.717, 1.165) is 36.3 Å². The lowest BCUT2D eigenvalue weighted by atomic mass is 10.0. The first-order valence-electron chi connectivity index (χ1n) is 10.9. The number of benzene rings is 2. The normalized spacial score (nSPS) is 20.5. The zero-order chi connectivity index (χ0) is 21.5. The van der Waals surface area contributed by atoms with E-state index in [1.807, 2.05) is 30.3 Å². The second-order valence-electron chi connectivity index (χ2n) is 8.22. The van der Waals surface area contributed by atoms with Crippen molar-refractivity contribution in [1.82, 2.24) is 9.80 Å². The van der Waals surface area contributed by atoms with Gasteiger partial charge in [-0.2, -0.15) is 0 Å². The molecule has 7 heteroatoms. The number of hydrogen-bond acceptors (Lipinski definition) is 6. The van der Waals surface area contributed by atoms with Gasteiger partial charge in [0.25, 0.3) is 0 Å². The smallest absolute Gasteiger partial charge is 0.145 e. The van der Waals surface area contributed by atoms with E-state index in [2.05, 4.69) is 15.0 Å². The summed E-state index contributed by atoms with van der Waals surface area (Å²) in [6.45, 7) is 5.47. The van der Waals surface area contributed by atoms with Crippen LogP contribution in [-0.4, -0.2) is 78.8 Å². The second-order valence-corrected chi connectivity index (χ2v) is 8.22. The quantitative estimate of drug-likeness (QED) is 0.667. The molecule has 2 heterocycles. The molecule has 2 atom stereocenters. The number of aliphatic hydroxyl groups excluding tert-OH is 1. The van der Waals surface area contributed by atoms with Gasteiger partial charge < -0.3 is 14.7 Å². The Balaban J connectivity index is 1.36. The topological polar surface area (TPSA) is 57.5 Å². The molecular weight excluding hydrogens is 397 g/mol. The molecule has 2 aromatic rings. The monoisotopic (exact) mass is 427 g/mol. The number of morpholine rings is 1. The summed E-state index contributed by atoms with van der Waals surface area (Å²) in [7, 11) is 0. The van der Waals surface area contributed by atoms with Gasteiger partial charge in [-0.3, -0.25) is 9.80 Å². The van der Waals surface area contributed by atoms with Gasteiger partial charge >= 0.3 is 0 Å². The third-order valence-electron chi connectivity index (χ3n) is 5.66. The van der Waals surface area contributed by atoms with Crippen LogP contribution in [0.1, 0.15) is 17.5 Å². The van der Waals surface area contributed by atoms with Crippen molar-refractivity contribution in [1.29, 1.82) is 0 Å². The summed E-state index contributed by atoms with van der Waals surface area (Å²) in [6.07, 6.45) is 0.157. The summed E-state index contributed by atoms with van der Waals surface area (Å²) in [5.41, 5.74) is 3.02. The Hall–Kier alpha value is -2.32. The third-order valence-corrected chi connectivity index (χ3v) is 5.66. The van der Waals surface area contributed by atoms with Crippen LogP contribution in [0.3, 0.4) is 0 Å². The molecule has 0 aromatic heterocycles. The number of hydrogen-bond donors (Lipinski definition) is 1. The SMILES string of the molecule is O[C@H](CN1CCOCC1)CN(Cc1ccc(F)cc1)C[C@H]1CC(c2ccccc2)=NO1. The first-order chi connectivity index (χ1) is 15.2. The van der Waals surface area contributed by atoms with Gasteiger partial charge in [0.05, 0.1) is 25.0 Å². The molecule has 6 nitrogen and oxygen atoms in total. The van der Waals surface area contributed by atoms with E-state index in [0.29, 0.717) is 39.4 Å². The van der Waals surface area contributed by atoms with Gasteiger partial charge in [-0.1, -0.05) is 47.6 Å². The highest BCUT2D eigenvalue weighted by Gasteiger charge is 2.26. The van der Waals surface area contributed by atoms with E-state index < -0.39 is 6.10 Å². The summed E-state index contributed by atoms with van der Waals surface area (Å²) in [5, 5.41) is 15.0. The lowest BCUT2D eigenvalue weighted by molar-refractivity contribution is -0.00266. The van der Waals surface area contributed by atoms with Crippen LogP contribution in [-0.2, 0) is 16.1 Å². The molecule has 0 bridgehead atoms. The Morgan fingerprint density at radius 3 is 2.58 bits per heavy atom. The maximum atomic E-state index is 13.3. The van der Waals surface area contributed by atoms with Crippen LogP contribution < -0.4 is 0 Å². The van der Waals surface area contributed by atoms with Crippen LogP contribution >= 0.6 is 0 Å². The molecular formula is C24H30FN3O3. The summed E-state index contributed by atoms with van der Waals surface area (Å²) in [6, 6.07) is 16.6. The highest BCUT2D eigenvalue weighted by atomic mass is 19.1. The number of rotatable bonds is 9. The first-order valence-corrected chi connectivity index (χ1v) is 10.9. The van der Waals surface area contributed by atoms with Crippen LogP contribution in [0.2, 0.25) is 0 Å². The van der Waals surface area contributed by atoms with E-state index in [1.165, 1.54) is 12.1 Å². The van der Waals surface area contributed by atoms with Crippen molar-refractivity contribution in [2.75, 3.05) is 45.9 Å². The predicted molar refractivity (Wildman–Crippen MR) is 117 cm³/mol. The number of oxime groups is 1. The van der Waals surface area contributed by atoms with Crippen LogP contribution in [0, 0.1) is 5.82 Å². The number of nitrogens with zero attached hydrogens (tertiary/aromatic N) is 3. The highest BCUT2D eigenvalue weighted by molar-refractivity contribution is 6.01. The number of aliphatic hydroxyl groups is 1. The molecule has 0 radical (unpaired) electrons. The van der Waals surface area contributed by atoms with Gasteiger partial charge in [-0.15, -0.1) is 0 Å². The maximum Gasteiger partial charge on any atom is 0.145 e. The molecule has 1 saturated heterocycles. The molecule has 1 N–H and O–H groups in total. The van der Waals surface area contributed by atoms with Crippen LogP contribution in [0.4, 0.5) is 4.39 Å². The van der Waals surface area contributed by atoms with Gasteiger partial charge in [-0.25, -0.2) is 4.39 Å². The van der Waals surface area contributed by atoms with E-state index in [9.17, 15) is 9.50 Å². The van der Waals surface area contributed by atoms with Gasteiger partial charge in [0.15, 0.2) is 0 Å². The molecule has 2 aliphatic rings. The van der Waals surface area contributed by atoms with E-state index >= 15 is 0 Å². The fourth-order valence-electron chi connectivity index (χ4n) is 4.10. The molecule has 0 aliphatic carbocycles. The minimum atomic E-state index is -0.491. The molecule has 0 unspecified atom stereocenters. The molecule has 0 amide bonds. The summed E-state index contributed by atoms with van der Waals surface area (Å²) in [4.78, 5) is 10.1. The van der Waals surface area contributed by atoms with Crippen molar-refractivity contribution in [3.8, 4) is 0 Å². The zero-order valence-corrected chi connectivity index (χ0v) is 17.7. The van der Waals surface area contributed by atoms with Crippen molar-refractivity contribution >= 4 is 5.71 Å². The predicted octanol–water partition coefficient (Wildman–Crippen LogP) is 2.51. The summed E-state index contributed by atoms with van der Waals surface area (Å²) in [5.74, 6) is -0.248. The number of β-amino-alcohol motifs (C(OH)–C–C–N with tert-alkyl or cyclic N) is 1. The molecule has 166 valence electrons. The van der Waals surface area contributed by atoms with E-state index in [-0.39, 0.29) is 11.9 Å². The standard InChI is InChI=1S/C24H30FN3O3/c25-21-8-6-19(7-9-21)15-28(17-22(29)16-27-10-12-30-13-11-27)18-23-14-24(26-31-23)20-4-2-1-3-5-20/h1-9,22-23,29H,10-18H2/t22-,23-/m1/s1. The number of ether oxygens (including phenoxy) is 1. The Kier molecular flexibility index (Phi) is 7.64. The lowest BCUT2D eigenvalue weighted by Gasteiger charge is -2.31. The van der Waals surface area contributed by atoms with Crippen LogP contribution in [0.25, 0.3) is 0 Å². The summed E-state index contributed by atoms with van der Waals surface area (Å²) >= 11 is 0. The van der Waals surface area contributed by atoms with Gasteiger partial charge in [-0.05, 0) is 23.3 Å². The third kappa shape index (κ3) is 6.58.